The third-order valence-electron chi connectivity index (χ3n) is 17.5. The van der Waals surface area contributed by atoms with Crippen LogP contribution in [0.3, 0.4) is 0 Å². The van der Waals surface area contributed by atoms with Crippen molar-refractivity contribution in [1.82, 2.24) is 0 Å². The molecular weight excluding hydrogens is 795 g/mol. The van der Waals surface area contributed by atoms with Gasteiger partial charge in [0.2, 0.25) is 0 Å². The van der Waals surface area contributed by atoms with Gasteiger partial charge in [0.25, 0.3) is 0 Å². The first-order valence-electron chi connectivity index (χ1n) is 25.1. The standard InChI is InChI=1S/C65H61N/c1-63(2)55-28-14-13-23-49(55)50-33-29-43(37-56(50)63)60-46-22-12-11-21-42(46)30-36-59(60)66(44-31-34-51-53-26-15-24-47(40-17-7-8-18-40)61(53)64(3,4)57(51)38-44)45-32-35-52-54-27-16-25-48(41-19-9-10-20-41)62(54)65(5,6)58(52)39-45/h11-16,21-41H,7-10,17-20H2,1-6H3. The topological polar surface area (TPSA) is 3.24 Å². The van der Waals surface area contributed by atoms with Crippen LogP contribution in [-0.2, 0) is 16.2 Å². The maximum Gasteiger partial charge on any atom is 0.0546 e. The number of hydrogen-bond acceptors (Lipinski definition) is 1. The van der Waals surface area contributed by atoms with E-state index in [1.165, 1.54) is 146 Å². The zero-order chi connectivity index (χ0) is 44.7. The van der Waals surface area contributed by atoms with E-state index < -0.39 is 0 Å². The van der Waals surface area contributed by atoms with Crippen LogP contribution in [0.25, 0.3) is 55.3 Å². The SMILES string of the molecule is CC1(C)c2ccccc2-c2ccc(-c3c(N(c4ccc5c(c4)C(C)(C)c4c-5cccc4C4CCCC4)c4ccc5c(c4)C(C)(C)c4c-5cccc4C4CCCC4)ccc4ccccc34)cc21. The molecule has 0 heterocycles. The molecule has 0 aliphatic heterocycles. The highest BCUT2D eigenvalue weighted by atomic mass is 15.1. The lowest BCUT2D eigenvalue weighted by atomic mass is 9.77. The molecule has 0 aromatic heterocycles. The summed E-state index contributed by atoms with van der Waals surface area (Å²) >= 11 is 0. The van der Waals surface area contributed by atoms with Crippen LogP contribution in [0.15, 0.2) is 152 Å². The second-order valence-corrected chi connectivity index (χ2v) is 22.2. The quantitative estimate of drug-likeness (QED) is 0.161. The molecule has 0 unspecified atom stereocenters. The van der Waals surface area contributed by atoms with E-state index in [0.29, 0.717) is 11.8 Å². The molecule has 326 valence electrons. The molecule has 1 heteroatoms. The van der Waals surface area contributed by atoms with Gasteiger partial charge in [0, 0.05) is 33.2 Å². The van der Waals surface area contributed by atoms with Crippen LogP contribution in [0.1, 0.15) is 149 Å². The number of nitrogens with zero attached hydrogens (tertiary/aromatic N) is 1. The van der Waals surface area contributed by atoms with Crippen LogP contribution in [-0.4, -0.2) is 0 Å². The fourth-order valence-corrected chi connectivity index (χ4v) is 14.3. The molecule has 0 N–H and O–H groups in total. The minimum absolute atomic E-state index is 0.109. The highest BCUT2D eigenvalue weighted by Gasteiger charge is 2.42. The van der Waals surface area contributed by atoms with Crippen molar-refractivity contribution in [2.75, 3.05) is 4.90 Å². The Labute approximate surface area is 392 Å². The number of anilines is 3. The lowest BCUT2D eigenvalue weighted by molar-refractivity contribution is 0.625. The summed E-state index contributed by atoms with van der Waals surface area (Å²) in [5, 5.41) is 2.53. The normalized spacial score (nSPS) is 18.2. The molecule has 0 bridgehead atoms. The molecule has 0 atom stereocenters. The van der Waals surface area contributed by atoms with Crippen molar-refractivity contribution < 1.29 is 0 Å². The number of benzene rings is 8. The molecule has 0 spiro atoms. The molecule has 2 saturated carbocycles. The van der Waals surface area contributed by atoms with Crippen LogP contribution in [0, 0.1) is 0 Å². The van der Waals surface area contributed by atoms with Crippen molar-refractivity contribution in [2.45, 2.75) is 121 Å². The summed E-state index contributed by atoms with van der Waals surface area (Å²) < 4.78 is 0. The van der Waals surface area contributed by atoms with Crippen molar-refractivity contribution in [2.24, 2.45) is 0 Å². The Balaban J connectivity index is 1.04. The number of fused-ring (bicyclic) bond motifs is 10. The van der Waals surface area contributed by atoms with Gasteiger partial charge in [-0.05, 0) is 168 Å². The van der Waals surface area contributed by atoms with Crippen LogP contribution < -0.4 is 4.90 Å². The van der Waals surface area contributed by atoms with E-state index in [4.69, 9.17) is 0 Å². The van der Waals surface area contributed by atoms with E-state index in [1.54, 1.807) is 22.3 Å². The van der Waals surface area contributed by atoms with Crippen molar-refractivity contribution in [3.63, 3.8) is 0 Å². The van der Waals surface area contributed by atoms with E-state index in [2.05, 4.69) is 198 Å². The molecule has 5 aliphatic carbocycles. The van der Waals surface area contributed by atoms with Crippen LogP contribution in [0.2, 0.25) is 0 Å². The van der Waals surface area contributed by atoms with Gasteiger partial charge in [-0.15, -0.1) is 0 Å². The fraction of sp³-hybridized carbons (Fsp3) is 0.292. The van der Waals surface area contributed by atoms with E-state index in [-0.39, 0.29) is 16.2 Å². The molecule has 66 heavy (non-hydrogen) atoms. The summed E-state index contributed by atoms with van der Waals surface area (Å²) in [6.45, 7) is 14.8. The Bertz CT molecular complexity index is 3180. The molecule has 0 amide bonds. The van der Waals surface area contributed by atoms with Gasteiger partial charge in [0.05, 0.1) is 5.69 Å². The van der Waals surface area contributed by atoms with Gasteiger partial charge in [-0.1, -0.05) is 182 Å². The first kappa shape index (κ1) is 40.1. The second-order valence-electron chi connectivity index (χ2n) is 22.2. The highest BCUT2D eigenvalue weighted by Crippen LogP contribution is 2.58. The molecule has 5 aliphatic rings. The Morgan fingerprint density at radius 2 is 0.879 bits per heavy atom. The summed E-state index contributed by atoms with van der Waals surface area (Å²) in [5.41, 5.74) is 26.1. The van der Waals surface area contributed by atoms with Crippen LogP contribution >= 0.6 is 0 Å². The van der Waals surface area contributed by atoms with Gasteiger partial charge in [0.15, 0.2) is 0 Å². The third kappa shape index (κ3) is 5.65. The summed E-state index contributed by atoms with van der Waals surface area (Å²) in [4.78, 5) is 2.63. The van der Waals surface area contributed by atoms with E-state index in [0.717, 1.165) is 0 Å². The Hall–Kier alpha value is -6.18. The molecule has 8 aromatic carbocycles. The maximum absolute atomic E-state index is 2.63. The zero-order valence-corrected chi connectivity index (χ0v) is 39.7. The van der Waals surface area contributed by atoms with Crippen molar-refractivity contribution in [1.29, 1.82) is 0 Å². The molecule has 2 fully saturated rings. The molecule has 8 aromatic rings. The summed E-state index contributed by atoms with van der Waals surface area (Å²) in [6, 6.07) is 59.5. The largest absolute Gasteiger partial charge is 0.310 e. The van der Waals surface area contributed by atoms with Crippen LogP contribution in [0.5, 0.6) is 0 Å². The highest BCUT2D eigenvalue weighted by molar-refractivity contribution is 6.06. The Morgan fingerprint density at radius 1 is 0.394 bits per heavy atom. The minimum atomic E-state index is -0.128. The van der Waals surface area contributed by atoms with E-state index in [1.807, 2.05) is 0 Å². The first-order chi connectivity index (χ1) is 32.0. The van der Waals surface area contributed by atoms with Gasteiger partial charge < -0.3 is 4.90 Å². The summed E-state index contributed by atoms with van der Waals surface area (Å²) in [7, 11) is 0. The Morgan fingerprint density at radius 3 is 1.48 bits per heavy atom. The monoisotopic (exact) mass is 855 g/mol. The van der Waals surface area contributed by atoms with E-state index >= 15 is 0 Å². The minimum Gasteiger partial charge on any atom is -0.310 e. The first-order valence-corrected chi connectivity index (χ1v) is 25.1. The zero-order valence-electron chi connectivity index (χ0n) is 39.7. The number of rotatable bonds is 6. The summed E-state index contributed by atoms with van der Waals surface area (Å²) in [5.74, 6) is 1.31. The average molecular weight is 856 g/mol. The Kier molecular flexibility index (Phi) is 8.76. The lowest BCUT2D eigenvalue weighted by Gasteiger charge is -2.32. The van der Waals surface area contributed by atoms with Gasteiger partial charge in [-0.2, -0.15) is 0 Å². The van der Waals surface area contributed by atoms with Crippen molar-refractivity contribution >= 4 is 27.8 Å². The molecular formula is C65H61N. The smallest absolute Gasteiger partial charge is 0.0546 e. The van der Waals surface area contributed by atoms with E-state index in [9.17, 15) is 0 Å². The van der Waals surface area contributed by atoms with Gasteiger partial charge in [-0.25, -0.2) is 0 Å². The predicted molar refractivity (Wildman–Crippen MR) is 279 cm³/mol. The molecule has 1 nitrogen and oxygen atoms in total. The maximum atomic E-state index is 2.63. The van der Waals surface area contributed by atoms with Crippen LogP contribution in [0.4, 0.5) is 17.1 Å². The van der Waals surface area contributed by atoms with Gasteiger partial charge in [-0.3, -0.25) is 0 Å². The molecule has 0 radical (unpaired) electrons. The third-order valence-corrected chi connectivity index (χ3v) is 17.5. The molecule has 0 saturated heterocycles. The molecule has 13 rings (SSSR count). The predicted octanol–water partition coefficient (Wildman–Crippen LogP) is 18.2. The summed E-state index contributed by atoms with van der Waals surface area (Å²) in [6.07, 6.45) is 10.6. The van der Waals surface area contributed by atoms with Crippen molar-refractivity contribution in [3.05, 3.63) is 196 Å². The van der Waals surface area contributed by atoms with Gasteiger partial charge >= 0.3 is 0 Å². The second kappa shape index (κ2) is 14.4. The van der Waals surface area contributed by atoms with Gasteiger partial charge in [0.1, 0.15) is 0 Å². The van der Waals surface area contributed by atoms with Crippen molar-refractivity contribution in [3.8, 4) is 44.5 Å². The average Bonchev–Trinajstić information content (AvgIpc) is 4.18. The fourth-order valence-electron chi connectivity index (χ4n) is 14.3. The number of hydrogen-bond donors (Lipinski definition) is 0. The lowest BCUT2D eigenvalue weighted by Crippen LogP contribution is -2.20.